The molecular weight excluding hydrogens is 241 g/mol. The summed E-state index contributed by atoms with van der Waals surface area (Å²) in [7, 11) is 0. The van der Waals surface area contributed by atoms with E-state index in [0.717, 1.165) is 43.1 Å². The van der Waals surface area contributed by atoms with Crippen molar-refractivity contribution in [2.45, 2.75) is 32.9 Å². The van der Waals surface area contributed by atoms with Gasteiger partial charge in [0.25, 0.3) is 0 Å². The Morgan fingerprint density at radius 3 is 3.05 bits per heavy atom. The van der Waals surface area contributed by atoms with Gasteiger partial charge in [-0.05, 0) is 25.0 Å². The van der Waals surface area contributed by atoms with Gasteiger partial charge in [-0.2, -0.15) is 0 Å². The van der Waals surface area contributed by atoms with Crippen LogP contribution >= 0.6 is 0 Å². The number of benzene rings is 1. The molecule has 4 heteroatoms. The van der Waals surface area contributed by atoms with Gasteiger partial charge in [0.15, 0.2) is 0 Å². The summed E-state index contributed by atoms with van der Waals surface area (Å²) in [5, 5.41) is 3.33. The number of nitrogens with zero attached hydrogens (tertiary/aromatic N) is 2. The molecule has 0 bridgehead atoms. The van der Waals surface area contributed by atoms with E-state index in [9.17, 15) is 4.39 Å². The van der Waals surface area contributed by atoms with E-state index in [0.29, 0.717) is 6.42 Å². The van der Waals surface area contributed by atoms with Crippen LogP contribution in [0.25, 0.3) is 0 Å². The number of hydrogen-bond acceptors (Lipinski definition) is 2. The van der Waals surface area contributed by atoms with E-state index in [1.165, 1.54) is 11.8 Å². The van der Waals surface area contributed by atoms with E-state index in [-0.39, 0.29) is 5.82 Å². The predicted octanol–water partition coefficient (Wildman–Crippen LogP) is 2.22. The van der Waals surface area contributed by atoms with Crippen LogP contribution in [0, 0.1) is 12.7 Å². The van der Waals surface area contributed by atoms with Crippen molar-refractivity contribution in [3.63, 3.8) is 0 Å². The van der Waals surface area contributed by atoms with Gasteiger partial charge in [-0.15, -0.1) is 0 Å². The van der Waals surface area contributed by atoms with Gasteiger partial charge in [-0.1, -0.05) is 18.2 Å². The molecule has 3 nitrogen and oxygen atoms in total. The molecule has 0 radical (unpaired) electrons. The molecule has 0 atom stereocenters. The Labute approximate surface area is 112 Å². The zero-order valence-electron chi connectivity index (χ0n) is 11.1. The second-order valence-corrected chi connectivity index (χ2v) is 4.97. The number of rotatable bonds is 3. The molecule has 1 aromatic heterocycles. The number of imidazole rings is 1. The quantitative estimate of drug-likeness (QED) is 0.916. The van der Waals surface area contributed by atoms with E-state index in [1.807, 2.05) is 19.1 Å². The minimum atomic E-state index is -0.115. The monoisotopic (exact) mass is 259 g/mol. The van der Waals surface area contributed by atoms with Crippen LogP contribution in [0.1, 0.15) is 22.8 Å². The average Bonchev–Trinajstić information content (AvgIpc) is 2.74. The molecule has 19 heavy (non-hydrogen) atoms. The lowest BCUT2D eigenvalue weighted by atomic mass is 10.1. The molecule has 0 aliphatic carbocycles. The highest BCUT2D eigenvalue weighted by atomic mass is 19.1. The fraction of sp³-hybridized carbons (Fsp3) is 0.400. The molecule has 1 aliphatic heterocycles. The summed E-state index contributed by atoms with van der Waals surface area (Å²) < 4.78 is 15.9. The lowest BCUT2D eigenvalue weighted by Crippen LogP contribution is -2.25. The number of aromatic nitrogens is 2. The van der Waals surface area contributed by atoms with Crippen LogP contribution in [-0.4, -0.2) is 16.1 Å². The maximum Gasteiger partial charge on any atom is 0.126 e. The highest BCUT2D eigenvalue weighted by molar-refractivity contribution is 5.21. The smallest absolute Gasteiger partial charge is 0.126 e. The van der Waals surface area contributed by atoms with Gasteiger partial charge in [-0.3, -0.25) is 0 Å². The fourth-order valence-corrected chi connectivity index (χ4v) is 2.74. The second kappa shape index (κ2) is 5.13. The van der Waals surface area contributed by atoms with Crippen LogP contribution in [0.3, 0.4) is 0 Å². The highest BCUT2D eigenvalue weighted by Gasteiger charge is 2.17. The molecule has 1 aromatic carbocycles. The fourth-order valence-electron chi connectivity index (χ4n) is 2.74. The summed E-state index contributed by atoms with van der Waals surface area (Å²) in [5.74, 6) is 0.917. The molecular formula is C15H18FN3. The Hall–Kier alpha value is -1.68. The standard InChI is InChI=1S/C15H18FN3/c1-11-18-14-10-17-8-6-15(14)19(11)9-7-12-4-2-3-5-13(12)16/h2-5,17H,6-10H2,1H3. The third-order valence-electron chi connectivity index (χ3n) is 3.74. The molecule has 1 aliphatic rings. The third kappa shape index (κ3) is 2.40. The molecule has 2 aromatic rings. The predicted molar refractivity (Wildman–Crippen MR) is 72.5 cm³/mol. The summed E-state index contributed by atoms with van der Waals surface area (Å²) in [5.41, 5.74) is 3.24. The molecule has 0 spiro atoms. The summed E-state index contributed by atoms with van der Waals surface area (Å²) in [6.45, 7) is 4.68. The molecule has 3 rings (SSSR count). The van der Waals surface area contributed by atoms with E-state index in [2.05, 4.69) is 14.9 Å². The second-order valence-electron chi connectivity index (χ2n) is 4.97. The topological polar surface area (TPSA) is 29.9 Å². The largest absolute Gasteiger partial charge is 0.332 e. The number of aryl methyl sites for hydroxylation is 2. The summed E-state index contributed by atoms with van der Waals surface area (Å²) in [4.78, 5) is 4.59. The van der Waals surface area contributed by atoms with Crippen molar-refractivity contribution in [1.82, 2.24) is 14.9 Å². The normalized spacial score (nSPS) is 14.4. The summed E-state index contributed by atoms with van der Waals surface area (Å²) in [6.07, 6.45) is 1.72. The molecule has 100 valence electrons. The summed E-state index contributed by atoms with van der Waals surface area (Å²) >= 11 is 0. The van der Waals surface area contributed by atoms with Crippen molar-refractivity contribution in [1.29, 1.82) is 0 Å². The molecule has 1 N–H and O–H groups in total. The van der Waals surface area contributed by atoms with Crippen molar-refractivity contribution in [3.05, 3.63) is 52.9 Å². The summed E-state index contributed by atoms with van der Waals surface area (Å²) in [6, 6.07) is 7.00. The lowest BCUT2D eigenvalue weighted by molar-refractivity contribution is 0.564. The lowest BCUT2D eigenvalue weighted by Gasteiger charge is -2.16. The first-order chi connectivity index (χ1) is 9.25. The SMILES string of the molecule is Cc1nc2c(n1CCc1ccccc1F)CCNC2. The van der Waals surface area contributed by atoms with Crippen molar-refractivity contribution in [3.8, 4) is 0 Å². The van der Waals surface area contributed by atoms with Crippen LogP contribution < -0.4 is 5.32 Å². The van der Waals surface area contributed by atoms with Gasteiger partial charge >= 0.3 is 0 Å². The minimum absolute atomic E-state index is 0.115. The minimum Gasteiger partial charge on any atom is -0.332 e. The van der Waals surface area contributed by atoms with Crippen LogP contribution in [0.5, 0.6) is 0 Å². The molecule has 0 amide bonds. The van der Waals surface area contributed by atoms with E-state index in [1.54, 1.807) is 6.07 Å². The Bertz CT molecular complexity index is 589. The number of hydrogen-bond donors (Lipinski definition) is 1. The Balaban J connectivity index is 1.81. The maximum atomic E-state index is 13.6. The molecule has 0 unspecified atom stereocenters. The number of halogens is 1. The molecule has 0 fully saturated rings. The van der Waals surface area contributed by atoms with Crippen LogP contribution in [0.4, 0.5) is 4.39 Å². The van der Waals surface area contributed by atoms with Crippen molar-refractivity contribution < 1.29 is 4.39 Å². The van der Waals surface area contributed by atoms with Gasteiger partial charge < -0.3 is 9.88 Å². The first-order valence-corrected chi connectivity index (χ1v) is 6.74. The Morgan fingerprint density at radius 1 is 1.37 bits per heavy atom. The third-order valence-corrected chi connectivity index (χ3v) is 3.74. The number of nitrogens with one attached hydrogen (secondary N) is 1. The molecule has 2 heterocycles. The maximum absolute atomic E-state index is 13.6. The number of fused-ring (bicyclic) bond motifs is 1. The first-order valence-electron chi connectivity index (χ1n) is 6.74. The van der Waals surface area contributed by atoms with Gasteiger partial charge in [0.2, 0.25) is 0 Å². The van der Waals surface area contributed by atoms with E-state index >= 15 is 0 Å². The van der Waals surface area contributed by atoms with Crippen LogP contribution in [-0.2, 0) is 25.9 Å². The van der Waals surface area contributed by atoms with Crippen molar-refractivity contribution in [2.24, 2.45) is 0 Å². The van der Waals surface area contributed by atoms with Crippen molar-refractivity contribution in [2.75, 3.05) is 6.54 Å². The van der Waals surface area contributed by atoms with E-state index in [4.69, 9.17) is 0 Å². The zero-order chi connectivity index (χ0) is 13.2. The van der Waals surface area contributed by atoms with Gasteiger partial charge in [0.1, 0.15) is 11.6 Å². The van der Waals surface area contributed by atoms with Gasteiger partial charge in [0.05, 0.1) is 5.69 Å². The van der Waals surface area contributed by atoms with Crippen LogP contribution in [0.15, 0.2) is 24.3 Å². The van der Waals surface area contributed by atoms with Gasteiger partial charge in [0, 0.05) is 31.7 Å². The van der Waals surface area contributed by atoms with Gasteiger partial charge in [-0.25, -0.2) is 9.37 Å². The Morgan fingerprint density at radius 2 is 2.21 bits per heavy atom. The average molecular weight is 259 g/mol. The van der Waals surface area contributed by atoms with Crippen molar-refractivity contribution >= 4 is 0 Å². The Kier molecular flexibility index (Phi) is 3.34. The first kappa shape index (κ1) is 12.4. The molecule has 0 saturated heterocycles. The van der Waals surface area contributed by atoms with Crippen LogP contribution in [0.2, 0.25) is 0 Å². The molecule has 0 saturated carbocycles. The zero-order valence-corrected chi connectivity index (χ0v) is 11.1. The highest BCUT2D eigenvalue weighted by Crippen LogP contribution is 2.17. The van der Waals surface area contributed by atoms with E-state index < -0.39 is 0 Å².